The van der Waals surface area contributed by atoms with E-state index in [1.807, 2.05) is 67.8 Å². The maximum Gasteiger partial charge on any atom is 0.244 e. The number of aromatic nitrogens is 3. The van der Waals surface area contributed by atoms with Crippen molar-refractivity contribution in [3.05, 3.63) is 71.2 Å². The zero-order valence-corrected chi connectivity index (χ0v) is 19.0. The maximum atomic E-state index is 12.4. The number of amides is 1. The summed E-state index contributed by atoms with van der Waals surface area (Å²) in [7, 11) is -3.96. The second kappa shape index (κ2) is 8.93. The van der Waals surface area contributed by atoms with E-state index in [0.29, 0.717) is 16.5 Å². The number of sulfonamides is 1. The number of thiazole rings is 1. The molecule has 4 rings (SSSR count). The summed E-state index contributed by atoms with van der Waals surface area (Å²) in [5, 5.41) is 4.68. The molecule has 0 saturated heterocycles. The number of aryl methyl sites for hydroxylation is 2. The number of hydrogen-bond donors (Lipinski definition) is 3. The van der Waals surface area contributed by atoms with Gasteiger partial charge in [-0.25, -0.2) is 18.4 Å². The third-order valence-electron chi connectivity index (χ3n) is 4.61. The SMILES string of the molecule is Cc1ccc(-c2csc(NC(=O)CS(=O)(=O)Nc3ncc(-c4ccc(C)cc4)[nH]3)n2)cc1. The molecule has 0 spiro atoms. The molecular formula is C22H21N5O3S2. The van der Waals surface area contributed by atoms with Gasteiger partial charge in [0.15, 0.2) is 5.13 Å². The highest BCUT2D eigenvalue weighted by atomic mass is 32.2. The fraction of sp³-hybridized carbons (Fsp3) is 0.136. The zero-order valence-electron chi connectivity index (χ0n) is 17.4. The molecule has 2 aromatic heterocycles. The van der Waals surface area contributed by atoms with Crippen LogP contribution in [-0.2, 0) is 14.8 Å². The Labute approximate surface area is 189 Å². The van der Waals surface area contributed by atoms with Gasteiger partial charge in [-0.1, -0.05) is 59.7 Å². The summed E-state index contributed by atoms with van der Waals surface area (Å²) in [6.07, 6.45) is 1.53. The van der Waals surface area contributed by atoms with Crippen LogP contribution in [0.2, 0.25) is 0 Å². The van der Waals surface area contributed by atoms with Crippen molar-refractivity contribution in [1.82, 2.24) is 15.0 Å². The number of imidazole rings is 1. The summed E-state index contributed by atoms with van der Waals surface area (Å²) in [6.45, 7) is 3.98. The van der Waals surface area contributed by atoms with Gasteiger partial charge in [0.1, 0.15) is 5.75 Å². The summed E-state index contributed by atoms with van der Waals surface area (Å²) >= 11 is 1.23. The van der Waals surface area contributed by atoms with Crippen LogP contribution in [0.15, 0.2) is 60.1 Å². The molecule has 32 heavy (non-hydrogen) atoms. The largest absolute Gasteiger partial charge is 0.323 e. The molecule has 4 aromatic rings. The van der Waals surface area contributed by atoms with Crippen molar-refractivity contribution < 1.29 is 13.2 Å². The average Bonchev–Trinajstić information content (AvgIpc) is 3.38. The molecule has 0 aliphatic heterocycles. The Morgan fingerprint density at radius 3 is 2.28 bits per heavy atom. The maximum absolute atomic E-state index is 12.4. The summed E-state index contributed by atoms with van der Waals surface area (Å²) in [6, 6.07) is 15.6. The highest BCUT2D eigenvalue weighted by molar-refractivity contribution is 7.93. The Kier molecular flexibility index (Phi) is 6.06. The molecule has 0 unspecified atom stereocenters. The first kappa shape index (κ1) is 21.7. The standard InChI is InChI=1S/C22H21N5O3S2/c1-14-3-7-16(8-4-14)18-11-23-21(24-18)27-32(29,30)13-20(28)26-22-25-19(12-31-22)17-9-5-15(2)6-10-17/h3-12H,13H2,1-2H3,(H2,23,24,27)(H,25,26,28). The minimum Gasteiger partial charge on any atom is -0.323 e. The van der Waals surface area contributed by atoms with Crippen molar-refractivity contribution in [1.29, 1.82) is 0 Å². The molecule has 0 radical (unpaired) electrons. The molecule has 0 aliphatic carbocycles. The van der Waals surface area contributed by atoms with Crippen LogP contribution in [0.25, 0.3) is 22.5 Å². The Morgan fingerprint density at radius 1 is 1.00 bits per heavy atom. The van der Waals surface area contributed by atoms with E-state index in [1.165, 1.54) is 17.5 Å². The summed E-state index contributed by atoms with van der Waals surface area (Å²) in [4.78, 5) is 23.6. The third-order valence-corrected chi connectivity index (χ3v) is 6.51. The molecular weight excluding hydrogens is 446 g/mol. The van der Waals surface area contributed by atoms with Crippen LogP contribution in [0.5, 0.6) is 0 Å². The number of nitrogens with one attached hydrogen (secondary N) is 3. The fourth-order valence-electron chi connectivity index (χ4n) is 2.95. The molecule has 10 heteroatoms. The fourth-order valence-corrected chi connectivity index (χ4v) is 4.58. The number of aromatic amines is 1. The van der Waals surface area contributed by atoms with E-state index >= 15 is 0 Å². The quantitative estimate of drug-likeness (QED) is 0.377. The van der Waals surface area contributed by atoms with Gasteiger partial charge < -0.3 is 10.3 Å². The van der Waals surface area contributed by atoms with E-state index in [-0.39, 0.29) is 5.95 Å². The monoisotopic (exact) mass is 467 g/mol. The van der Waals surface area contributed by atoms with Crippen LogP contribution in [0.3, 0.4) is 0 Å². The van der Waals surface area contributed by atoms with Crippen LogP contribution in [0.1, 0.15) is 11.1 Å². The number of rotatable bonds is 7. The van der Waals surface area contributed by atoms with Crippen molar-refractivity contribution in [2.24, 2.45) is 0 Å². The molecule has 164 valence electrons. The summed E-state index contributed by atoms with van der Waals surface area (Å²) in [5.41, 5.74) is 5.43. The molecule has 0 atom stereocenters. The third kappa shape index (κ3) is 5.40. The van der Waals surface area contributed by atoms with Crippen molar-refractivity contribution in [2.45, 2.75) is 13.8 Å². The van der Waals surface area contributed by atoms with E-state index < -0.39 is 21.7 Å². The van der Waals surface area contributed by atoms with Gasteiger partial charge in [0.05, 0.1) is 17.6 Å². The van der Waals surface area contributed by atoms with E-state index in [4.69, 9.17) is 0 Å². The Balaban J connectivity index is 1.37. The van der Waals surface area contributed by atoms with Gasteiger partial charge in [0.25, 0.3) is 0 Å². The molecule has 0 bridgehead atoms. The van der Waals surface area contributed by atoms with Gasteiger partial charge >= 0.3 is 0 Å². The van der Waals surface area contributed by atoms with Crippen molar-refractivity contribution in [3.8, 4) is 22.5 Å². The molecule has 3 N–H and O–H groups in total. The van der Waals surface area contributed by atoms with Crippen LogP contribution >= 0.6 is 11.3 Å². The lowest BCUT2D eigenvalue weighted by Gasteiger charge is -2.05. The second-order valence-electron chi connectivity index (χ2n) is 7.32. The van der Waals surface area contributed by atoms with Crippen LogP contribution in [0.4, 0.5) is 11.1 Å². The Bertz CT molecular complexity index is 1340. The average molecular weight is 468 g/mol. The number of benzene rings is 2. The van der Waals surface area contributed by atoms with Crippen molar-refractivity contribution in [2.75, 3.05) is 15.8 Å². The summed E-state index contributed by atoms with van der Waals surface area (Å²) in [5.74, 6) is -1.40. The molecule has 0 aliphatic rings. The minimum absolute atomic E-state index is 0.0456. The van der Waals surface area contributed by atoms with Crippen molar-refractivity contribution >= 4 is 38.3 Å². The number of hydrogen-bond acceptors (Lipinski definition) is 6. The van der Waals surface area contributed by atoms with Gasteiger partial charge in [-0.15, -0.1) is 11.3 Å². The molecule has 0 saturated carbocycles. The molecule has 2 heterocycles. The first-order valence-corrected chi connectivity index (χ1v) is 12.3. The van der Waals surface area contributed by atoms with Gasteiger partial charge in [0.2, 0.25) is 21.9 Å². The lowest BCUT2D eigenvalue weighted by atomic mass is 10.1. The van der Waals surface area contributed by atoms with Gasteiger partial charge in [0, 0.05) is 10.9 Å². The van der Waals surface area contributed by atoms with E-state index in [1.54, 1.807) is 0 Å². The topological polar surface area (TPSA) is 117 Å². The predicted octanol–water partition coefficient (Wildman–Crippen LogP) is 4.20. The Hall–Kier alpha value is -3.50. The van der Waals surface area contributed by atoms with Gasteiger partial charge in [-0.2, -0.15) is 0 Å². The van der Waals surface area contributed by atoms with Crippen LogP contribution < -0.4 is 10.0 Å². The van der Waals surface area contributed by atoms with E-state index in [0.717, 1.165) is 22.3 Å². The predicted molar refractivity (Wildman–Crippen MR) is 127 cm³/mol. The number of H-pyrrole nitrogens is 1. The molecule has 2 aromatic carbocycles. The zero-order chi connectivity index (χ0) is 22.7. The van der Waals surface area contributed by atoms with Crippen molar-refractivity contribution in [3.63, 3.8) is 0 Å². The smallest absolute Gasteiger partial charge is 0.244 e. The number of carbonyl (C=O) groups excluding carboxylic acids is 1. The molecule has 8 nitrogen and oxygen atoms in total. The van der Waals surface area contributed by atoms with E-state index in [9.17, 15) is 13.2 Å². The summed E-state index contributed by atoms with van der Waals surface area (Å²) < 4.78 is 27.1. The highest BCUT2D eigenvalue weighted by Crippen LogP contribution is 2.25. The number of nitrogens with zero attached hydrogens (tertiary/aromatic N) is 2. The first-order valence-electron chi connectivity index (χ1n) is 9.72. The van der Waals surface area contributed by atoms with E-state index in [2.05, 4.69) is 25.0 Å². The molecule has 0 fully saturated rings. The lowest BCUT2D eigenvalue weighted by Crippen LogP contribution is -2.27. The highest BCUT2D eigenvalue weighted by Gasteiger charge is 2.19. The molecule has 1 amide bonds. The minimum atomic E-state index is -3.96. The second-order valence-corrected chi connectivity index (χ2v) is 9.91. The lowest BCUT2D eigenvalue weighted by molar-refractivity contribution is -0.113. The first-order chi connectivity index (χ1) is 15.3. The normalized spacial score (nSPS) is 11.3. The number of carbonyl (C=O) groups is 1. The van der Waals surface area contributed by atoms with Gasteiger partial charge in [-0.3, -0.25) is 9.52 Å². The van der Waals surface area contributed by atoms with Crippen LogP contribution in [-0.4, -0.2) is 35.0 Å². The van der Waals surface area contributed by atoms with Crippen LogP contribution in [0, 0.1) is 13.8 Å². The van der Waals surface area contributed by atoms with Gasteiger partial charge in [-0.05, 0) is 19.4 Å². The Morgan fingerprint density at radius 2 is 1.62 bits per heavy atom. The number of anilines is 2.